The topological polar surface area (TPSA) is 56.5 Å². The van der Waals surface area contributed by atoms with Crippen molar-refractivity contribution in [2.45, 2.75) is 26.0 Å². The van der Waals surface area contributed by atoms with Gasteiger partial charge in [0.15, 0.2) is 11.5 Å². The molecule has 1 unspecified atom stereocenters. The van der Waals surface area contributed by atoms with Gasteiger partial charge in [-0.3, -0.25) is 4.68 Å². The Kier molecular flexibility index (Phi) is 5.25. The van der Waals surface area contributed by atoms with Crippen molar-refractivity contribution in [3.05, 3.63) is 40.1 Å². The van der Waals surface area contributed by atoms with Crippen LogP contribution in [0.25, 0.3) is 0 Å². The minimum absolute atomic E-state index is 0.494. The molecule has 21 heavy (non-hydrogen) atoms. The van der Waals surface area contributed by atoms with Gasteiger partial charge in [0.25, 0.3) is 0 Å². The Labute approximate surface area is 132 Å². The second-order valence-corrected chi connectivity index (χ2v) is 5.51. The smallest absolute Gasteiger partial charge is 0.161 e. The molecule has 1 heterocycles. The first-order valence-corrected chi connectivity index (χ1v) is 7.49. The summed E-state index contributed by atoms with van der Waals surface area (Å²) in [6, 6.07) is 3.59. The largest absolute Gasteiger partial charge is 0.493 e. The van der Waals surface area contributed by atoms with Crippen LogP contribution in [0.3, 0.4) is 0 Å². The van der Waals surface area contributed by atoms with Crippen LogP contribution >= 0.6 is 15.9 Å². The summed E-state index contributed by atoms with van der Waals surface area (Å²) >= 11 is 3.47. The average molecular weight is 355 g/mol. The zero-order valence-electron chi connectivity index (χ0n) is 12.3. The van der Waals surface area contributed by atoms with E-state index in [4.69, 9.17) is 9.47 Å². The van der Waals surface area contributed by atoms with Crippen molar-refractivity contribution >= 4 is 15.9 Å². The standard InChI is InChI=1S/C15H19BrN2O3/c1-4-18-9-10(8-17-18)5-13(19)11-6-14(20-2)15(21-3)7-12(11)16/h6-9,13,19H,4-5H2,1-3H3. The molecule has 5 nitrogen and oxygen atoms in total. The summed E-state index contributed by atoms with van der Waals surface area (Å²) in [4.78, 5) is 0. The van der Waals surface area contributed by atoms with Crippen molar-refractivity contribution in [1.29, 1.82) is 0 Å². The Morgan fingerprint density at radius 2 is 1.95 bits per heavy atom. The summed E-state index contributed by atoms with van der Waals surface area (Å²) in [6.07, 6.45) is 3.57. The number of benzene rings is 1. The number of rotatable bonds is 6. The number of aliphatic hydroxyl groups is 1. The van der Waals surface area contributed by atoms with Crippen LogP contribution in [-0.4, -0.2) is 29.1 Å². The van der Waals surface area contributed by atoms with Crippen LogP contribution in [0.4, 0.5) is 0 Å². The number of halogens is 1. The van der Waals surface area contributed by atoms with Crippen LogP contribution in [0.5, 0.6) is 11.5 Å². The maximum atomic E-state index is 10.5. The number of aromatic nitrogens is 2. The second-order valence-electron chi connectivity index (χ2n) is 4.65. The van der Waals surface area contributed by atoms with Crippen LogP contribution in [0.15, 0.2) is 29.0 Å². The van der Waals surface area contributed by atoms with Gasteiger partial charge in [-0.1, -0.05) is 15.9 Å². The van der Waals surface area contributed by atoms with Crippen LogP contribution in [0.2, 0.25) is 0 Å². The molecule has 1 atom stereocenters. The van der Waals surface area contributed by atoms with Crippen LogP contribution in [-0.2, 0) is 13.0 Å². The van der Waals surface area contributed by atoms with E-state index in [1.807, 2.05) is 17.8 Å². The summed E-state index contributed by atoms with van der Waals surface area (Å²) in [6.45, 7) is 2.84. The van der Waals surface area contributed by atoms with Crippen molar-refractivity contribution in [3.63, 3.8) is 0 Å². The third-order valence-corrected chi connectivity index (χ3v) is 3.99. The van der Waals surface area contributed by atoms with Crippen LogP contribution in [0, 0.1) is 0 Å². The van der Waals surface area contributed by atoms with Crippen molar-refractivity contribution in [2.75, 3.05) is 14.2 Å². The van der Waals surface area contributed by atoms with Gasteiger partial charge in [0.2, 0.25) is 0 Å². The van der Waals surface area contributed by atoms with Crippen molar-refractivity contribution in [3.8, 4) is 11.5 Å². The van der Waals surface area contributed by atoms with Crippen LogP contribution in [0.1, 0.15) is 24.2 Å². The third-order valence-electron chi connectivity index (χ3n) is 3.30. The number of aryl methyl sites for hydroxylation is 1. The lowest BCUT2D eigenvalue weighted by Gasteiger charge is -2.15. The van der Waals surface area contributed by atoms with Gasteiger partial charge in [-0.25, -0.2) is 0 Å². The molecule has 2 aromatic rings. The summed E-state index contributed by atoms with van der Waals surface area (Å²) in [5, 5.41) is 14.7. The van der Waals surface area contributed by atoms with E-state index in [9.17, 15) is 5.11 Å². The average Bonchev–Trinajstić information content (AvgIpc) is 2.94. The molecule has 2 rings (SSSR count). The minimum Gasteiger partial charge on any atom is -0.493 e. The first-order valence-electron chi connectivity index (χ1n) is 6.69. The first-order chi connectivity index (χ1) is 10.1. The van der Waals surface area contributed by atoms with E-state index in [1.165, 1.54) is 0 Å². The SMILES string of the molecule is CCn1cc(CC(O)c2cc(OC)c(OC)cc2Br)cn1. The lowest BCUT2D eigenvalue weighted by molar-refractivity contribution is 0.177. The Bertz CT molecular complexity index is 613. The van der Waals surface area contributed by atoms with Gasteiger partial charge in [-0.15, -0.1) is 0 Å². The van der Waals surface area contributed by atoms with E-state index in [0.29, 0.717) is 17.9 Å². The van der Waals surface area contributed by atoms with Crippen molar-refractivity contribution in [1.82, 2.24) is 9.78 Å². The molecule has 0 radical (unpaired) electrons. The number of methoxy groups -OCH3 is 2. The zero-order chi connectivity index (χ0) is 15.4. The van der Waals surface area contributed by atoms with E-state index >= 15 is 0 Å². The molecule has 1 aromatic carbocycles. The fraction of sp³-hybridized carbons (Fsp3) is 0.400. The van der Waals surface area contributed by atoms with Gasteiger partial charge in [0.05, 0.1) is 26.5 Å². The highest BCUT2D eigenvalue weighted by Crippen LogP contribution is 2.36. The summed E-state index contributed by atoms with van der Waals surface area (Å²) in [5.74, 6) is 1.22. The van der Waals surface area contributed by atoms with Crippen LogP contribution < -0.4 is 9.47 Å². The maximum absolute atomic E-state index is 10.5. The van der Waals surface area contributed by atoms with Gasteiger partial charge in [0.1, 0.15) is 0 Å². The molecule has 0 bridgehead atoms. The van der Waals surface area contributed by atoms with Crippen molar-refractivity contribution in [2.24, 2.45) is 0 Å². The fourth-order valence-corrected chi connectivity index (χ4v) is 2.73. The van der Waals surface area contributed by atoms with E-state index in [1.54, 1.807) is 32.5 Å². The van der Waals surface area contributed by atoms with E-state index in [0.717, 1.165) is 22.1 Å². The molecule has 0 saturated carbocycles. The van der Waals surface area contributed by atoms with Gasteiger partial charge >= 0.3 is 0 Å². The Hall–Kier alpha value is -1.53. The molecule has 0 saturated heterocycles. The maximum Gasteiger partial charge on any atom is 0.161 e. The number of hydrogen-bond acceptors (Lipinski definition) is 4. The quantitative estimate of drug-likeness (QED) is 0.866. The number of nitrogens with zero attached hydrogens (tertiary/aromatic N) is 2. The molecule has 114 valence electrons. The highest BCUT2D eigenvalue weighted by atomic mass is 79.9. The number of aliphatic hydroxyl groups excluding tert-OH is 1. The second kappa shape index (κ2) is 6.95. The predicted octanol–water partition coefficient (Wildman–Crippen LogP) is 2.96. The molecular formula is C15H19BrN2O3. The van der Waals surface area contributed by atoms with E-state index < -0.39 is 6.10 Å². The Balaban J connectivity index is 2.23. The monoisotopic (exact) mass is 354 g/mol. The highest BCUT2D eigenvalue weighted by Gasteiger charge is 2.17. The summed E-state index contributed by atoms with van der Waals surface area (Å²) < 4.78 is 13.1. The number of hydrogen-bond donors (Lipinski definition) is 1. The predicted molar refractivity (Wildman–Crippen MR) is 83.8 cm³/mol. The molecule has 0 amide bonds. The molecule has 0 aliphatic heterocycles. The Morgan fingerprint density at radius 3 is 2.52 bits per heavy atom. The van der Waals surface area contributed by atoms with Gasteiger partial charge < -0.3 is 14.6 Å². The molecule has 0 aliphatic carbocycles. The molecule has 0 spiro atoms. The normalized spacial score (nSPS) is 12.2. The van der Waals surface area contributed by atoms with E-state index in [2.05, 4.69) is 21.0 Å². The van der Waals surface area contributed by atoms with Gasteiger partial charge in [0, 0.05) is 23.6 Å². The molecular weight excluding hydrogens is 336 g/mol. The fourth-order valence-electron chi connectivity index (χ4n) is 2.14. The minimum atomic E-state index is -0.645. The Morgan fingerprint density at radius 1 is 1.29 bits per heavy atom. The highest BCUT2D eigenvalue weighted by molar-refractivity contribution is 9.10. The molecule has 6 heteroatoms. The lowest BCUT2D eigenvalue weighted by Crippen LogP contribution is -2.04. The molecule has 0 aliphatic rings. The van der Waals surface area contributed by atoms with Gasteiger partial charge in [-0.2, -0.15) is 5.10 Å². The van der Waals surface area contributed by atoms with E-state index in [-0.39, 0.29) is 0 Å². The number of ether oxygens (including phenoxy) is 2. The summed E-state index contributed by atoms with van der Waals surface area (Å²) in [5.41, 5.74) is 1.75. The zero-order valence-corrected chi connectivity index (χ0v) is 13.9. The molecule has 1 aromatic heterocycles. The molecule has 0 fully saturated rings. The third kappa shape index (κ3) is 3.57. The van der Waals surface area contributed by atoms with Gasteiger partial charge in [-0.05, 0) is 30.2 Å². The lowest BCUT2D eigenvalue weighted by atomic mass is 10.0. The first kappa shape index (κ1) is 15.9. The molecule has 1 N–H and O–H groups in total. The van der Waals surface area contributed by atoms with Crippen molar-refractivity contribution < 1.29 is 14.6 Å². The summed E-state index contributed by atoms with van der Waals surface area (Å²) in [7, 11) is 3.16.